The van der Waals surface area contributed by atoms with Gasteiger partial charge in [-0.25, -0.2) is 0 Å². The Morgan fingerprint density at radius 1 is 1.00 bits per heavy atom. The number of benzene rings is 2. The van der Waals surface area contributed by atoms with Gasteiger partial charge in [0, 0.05) is 19.5 Å². The van der Waals surface area contributed by atoms with Crippen molar-refractivity contribution in [2.24, 2.45) is 0 Å². The number of nitrogens with zero attached hydrogens (tertiary/aromatic N) is 1. The molecule has 0 bridgehead atoms. The lowest BCUT2D eigenvalue weighted by Gasteiger charge is -2.32. The predicted octanol–water partition coefficient (Wildman–Crippen LogP) is 4.47. The van der Waals surface area contributed by atoms with E-state index in [1.807, 2.05) is 72.7 Å². The summed E-state index contributed by atoms with van der Waals surface area (Å²) in [6.45, 7) is 6.05. The Hall–Kier alpha value is -3.32. The number of hydrogen-bond donors (Lipinski definition) is 1. The Labute approximate surface area is 204 Å². The van der Waals surface area contributed by atoms with Gasteiger partial charge in [0.1, 0.15) is 6.04 Å². The fraction of sp³-hybridized carbons (Fsp3) is 0.333. The van der Waals surface area contributed by atoms with E-state index in [0.29, 0.717) is 43.4 Å². The largest absolute Gasteiger partial charge is 0.490 e. The average molecular weight is 479 g/mol. The minimum atomic E-state index is -0.646. The monoisotopic (exact) mass is 478 g/mol. The molecular formula is C27H30N2O4S. The fourth-order valence-corrected chi connectivity index (χ4v) is 4.82. The highest BCUT2D eigenvalue weighted by Gasteiger charge is 2.30. The number of amides is 2. The first-order valence-electron chi connectivity index (χ1n) is 11.7. The number of nitrogens with one attached hydrogen (secondary N) is 1. The van der Waals surface area contributed by atoms with Gasteiger partial charge in [-0.3, -0.25) is 9.59 Å². The molecule has 1 aliphatic rings. The highest BCUT2D eigenvalue weighted by molar-refractivity contribution is 7.12. The second-order valence-electron chi connectivity index (χ2n) is 8.14. The van der Waals surface area contributed by atoms with Gasteiger partial charge < -0.3 is 19.7 Å². The summed E-state index contributed by atoms with van der Waals surface area (Å²) in [5.41, 5.74) is 3.22. The zero-order chi connectivity index (χ0) is 23.9. The average Bonchev–Trinajstić information content (AvgIpc) is 3.39. The van der Waals surface area contributed by atoms with E-state index in [1.165, 1.54) is 11.3 Å². The van der Waals surface area contributed by atoms with Crippen molar-refractivity contribution >= 4 is 23.2 Å². The summed E-state index contributed by atoms with van der Waals surface area (Å²) < 4.78 is 11.5. The topological polar surface area (TPSA) is 67.9 Å². The van der Waals surface area contributed by atoms with Gasteiger partial charge in [-0.2, -0.15) is 0 Å². The standard InChI is InChI=1S/C27H30N2O4S/c1-3-32-23-16-20-12-13-29(18-21(20)17-24(23)33-4-2)27(31)22(15-19-9-6-5-7-10-19)28-26(30)25-11-8-14-34-25/h5-11,14,16-17,22H,3-4,12-13,15,18H2,1-2H3,(H,28,30)/t22-/m0/s1. The Bertz CT molecular complexity index is 1120. The smallest absolute Gasteiger partial charge is 0.262 e. The van der Waals surface area contributed by atoms with E-state index in [-0.39, 0.29) is 11.8 Å². The maximum atomic E-state index is 13.7. The minimum Gasteiger partial charge on any atom is -0.490 e. The van der Waals surface area contributed by atoms with E-state index in [1.54, 1.807) is 6.07 Å². The first-order chi connectivity index (χ1) is 16.6. The van der Waals surface area contributed by atoms with Gasteiger partial charge in [-0.1, -0.05) is 36.4 Å². The molecule has 178 valence electrons. The lowest BCUT2D eigenvalue weighted by molar-refractivity contribution is -0.134. The summed E-state index contributed by atoms with van der Waals surface area (Å²) in [4.78, 5) is 28.9. The molecule has 1 N–H and O–H groups in total. The fourth-order valence-electron chi connectivity index (χ4n) is 4.20. The van der Waals surface area contributed by atoms with Crippen molar-refractivity contribution in [3.8, 4) is 11.5 Å². The van der Waals surface area contributed by atoms with Crippen LogP contribution >= 0.6 is 11.3 Å². The summed E-state index contributed by atoms with van der Waals surface area (Å²) in [5, 5.41) is 4.84. The molecule has 0 radical (unpaired) electrons. The molecule has 1 atom stereocenters. The molecular weight excluding hydrogens is 448 g/mol. The summed E-state index contributed by atoms with van der Waals surface area (Å²) in [6, 6.07) is 16.8. The van der Waals surface area contributed by atoms with Crippen molar-refractivity contribution in [2.75, 3.05) is 19.8 Å². The van der Waals surface area contributed by atoms with E-state index in [2.05, 4.69) is 5.32 Å². The first kappa shape index (κ1) is 23.8. The molecule has 0 fully saturated rings. The van der Waals surface area contributed by atoms with Crippen molar-refractivity contribution in [1.29, 1.82) is 0 Å². The Balaban J connectivity index is 1.55. The van der Waals surface area contributed by atoms with Gasteiger partial charge in [-0.05, 0) is 60.5 Å². The van der Waals surface area contributed by atoms with Gasteiger partial charge in [0.2, 0.25) is 5.91 Å². The Kier molecular flexibility index (Phi) is 7.85. The van der Waals surface area contributed by atoms with E-state index in [0.717, 1.165) is 28.9 Å². The van der Waals surface area contributed by atoms with Crippen LogP contribution in [0.25, 0.3) is 0 Å². The molecule has 0 spiro atoms. The second-order valence-corrected chi connectivity index (χ2v) is 9.08. The van der Waals surface area contributed by atoms with Crippen molar-refractivity contribution in [2.45, 2.75) is 39.3 Å². The second kappa shape index (κ2) is 11.2. The number of carbonyl (C=O) groups excluding carboxylic acids is 2. The van der Waals surface area contributed by atoms with Gasteiger partial charge in [0.05, 0.1) is 18.1 Å². The Morgan fingerprint density at radius 3 is 2.35 bits per heavy atom. The van der Waals surface area contributed by atoms with Crippen LogP contribution in [0.5, 0.6) is 11.5 Å². The highest BCUT2D eigenvalue weighted by Crippen LogP contribution is 2.34. The molecule has 3 aromatic rings. The zero-order valence-corrected chi connectivity index (χ0v) is 20.4. The quantitative estimate of drug-likeness (QED) is 0.493. The lowest BCUT2D eigenvalue weighted by atomic mass is 9.97. The maximum absolute atomic E-state index is 13.7. The molecule has 0 unspecified atom stereocenters. The molecule has 2 amide bonds. The molecule has 2 heterocycles. The number of hydrogen-bond acceptors (Lipinski definition) is 5. The predicted molar refractivity (Wildman–Crippen MR) is 134 cm³/mol. The summed E-state index contributed by atoms with van der Waals surface area (Å²) in [7, 11) is 0. The zero-order valence-electron chi connectivity index (χ0n) is 19.6. The number of rotatable bonds is 9. The first-order valence-corrected chi connectivity index (χ1v) is 12.6. The van der Waals surface area contributed by atoms with Crippen LogP contribution in [0.4, 0.5) is 0 Å². The number of carbonyl (C=O) groups is 2. The molecule has 4 rings (SSSR count). The molecule has 1 aromatic heterocycles. The number of fused-ring (bicyclic) bond motifs is 1. The van der Waals surface area contributed by atoms with Crippen LogP contribution in [0.2, 0.25) is 0 Å². The van der Waals surface area contributed by atoms with Crippen LogP contribution in [0.3, 0.4) is 0 Å². The highest BCUT2D eigenvalue weighted by atomic mass is 32.1. The van der Waals surface area contributed by atoms with Crippen molar-refractivity contribution in [3.63, 3.8) is 0 Å². The van der Waals surface area contributed by atoms with Crippen LogP contribution in [-0.2, 0) is 24.2 Å². The summed E-state index contributed by atoms with van der Waals surface area (Å²) in [6.07, 6.45) is 1.16. The van der Waals surface area contributed by atoms with Crippen LogP contribution in [0.1, 0.15) is 40.2 Å². The SMILES string of the molecule is CCOc1cc2c(cc1OCC)CN(C(=O)[C@H](Cc1ccccc1)NC(=O)c1cccs1)CC2. The molecule has 0 saturated carbocycles. The third kappa shape index (κ3) is 5.59. The maximum Gasteiger partial charge on any atom is 0.262 e. The molecule has 0 saturated heterocycles. The van der Waals surface area contributed by atoms with Crippen molar-refractivity contribution in [1.82, 2.24) is 10.2 Å². The van der Waals surface area contributed by atoms with Gasteiger partial charge >= 0.3 is 0 Å². The van der Waals surface area contributed by atoms with Crippen molar-refractivity contribution < 1.29 is 19.1 Å². The number of ether oxygens (including phenoxy) is 2. The van der Waals surface area contributed by atoms with E-state index in [4.69, 9.17) is 9.47 Å². The summed E-state index contributed by atoms with van der Waals surface area (Å²) in [5.74, 6) is 1.14. The van der Waals surface area contributed by atoms with Crippen LogP contribution in [-0.4, -0.2) is 42.5 Å². The van der Waals surface area contributed by atoms with Crippen molar-refractivity contribution in [3.05, 3.63) is 81.5 Å². The molecule has 34 heavy (non-hydrogen) atoms. The third-order valence-corrected chi connectivity index (χ3v) is 6.69. The number of thiophene rings is 1. The van der Waals surface area contributed by atoms with Gasteiger partial charge in [0.25, 0.3) is 5.91 Å². The van der Waals surface area contributed by atoms with E-state index < -0.39 is 6.04 Å². The lowest BCUT2D eigenvalue weighted by Crippen LogP contribution is -2.50. The Morgan fingerprint density at radius 2 is 1.71 bits per heavy atom. The van der Waals surface area contributed by atoms with Crippen LogP contribution in [0.15, 0.2) is 60.0 Å². The van der Waals surface area contributed by atoms with Crippen LogP contribution < -0.4 is 14.8 Å². The third-order valence-electron chi connectivity index (χ3n) is 5.82. The molecule has 0 aliphatic carbocycles. The van der Waals surface area contributed by atoms with E-state index >= 15 is 0 Å². The van der Waals surface area contributed by atoms with E-state index in [9.17, 15) is 9.59 Å². The molecule has 2 aromatic carbocycles. The minimum absolute atomic E-state index is 0.0775. The molecule has 6 nitrogen and oxygen atoms in total. The van der Waals surface area contributed by atoms with Gasteiger partial charge in [0.15, 0.2) is 11.5 Å². The normalized spacial score (nSPS) is 13.6. The summed E-state index contributed by atoms with van der Waals surface area (Å²) >= 11 is 1.37. The van der Waals surface area contributed by atoms with Gasteiger partial charge in [-0.15, -0.1) is 11.3 Å². The van der Waals surface area contributed by atoms with Crippen LogP contribution in [0, 0.1) is 0 Å². The molecule has 7 heteroatoms. The molecule has 1 aliphatic heterocycles.